The van der Waals surface area contributed by atoms with Crippen molar-refractivity contribution in [2.24, 2.45) is 7.05 Å². The fraction of sp³-hybridized carbons (Fsp3) is 0.273. The predicted molar refractivity (Wildman–Crippen MR) is 73.9 cm³/mol. The molecule has 0 radical (unpaired) electrons. The van der Waals surface area contributed by atoms with Crippen LogP contribution in [-0.2, 0) is 21.9 Å². The van der Waals surface area contributed by atoms with Crippen LogP contribution in [0.15, 0.2) is 24.3 Å². The molecular formula is C11H13N5O4S. The normalized spacial score (nSPS) is 11.3. The molecule has 0 unspecified atom stereocenters. The largest absolute Gasteiger partial charge is 0.481 e. The number of carboxylic acids is 1. The predicted octanol–water partition coefficient (Wildman–Crippen LogP) is 0.0935. The molecule has 2 N–H and O–H groups in total. The van der Waals surface area contributed by atoms with Crippen molar-refractivity contribution < 1.29 is 18.3 Å². The molecule has 0 aliphatic heterocycles. The molecule has 0 saturated carbocycles. The molecule has 0 amide bonds. The van der Waals surface area contributed by atoms with Gasteiger partial charge in [0.05, 0.1) is 12.2 Å². The summed E-state index contributed by atoms with van der Waals surface area (Å²) in [6.45, 7) is 0. The van der Waals surface area contributed by atoms with Crippen LogP contribution in [-0.4, -0.2) is 45.5 Å². The van der Waals surface area contributed by atoms with E-state index in [1.807, 2.05) is 0 Å². The van der Waals surface area contributed by atoms with E-state index in [0.29, 0.717) is 17.1 Å². The quantitative estimate of drug-likeness (QED) is 0.774. The number of aromatic nitrogens is 4. The second-order valence-electron chi connectivity index (χ2n) is 4.27. The van der Waals surface area contributed by atoms with Crippen molar-refractivity contribution in [1.29, 1.82) is 0 Å². The van der Waals surface area contributed by atoms with Gasteiger partial charge in [0.25, 0.3) is 0 Å². The van der Waals surface area contributed by atoms with E-state index in [0.717, 1.165) is 0 Å². The molecule has 0 atom stereocenters. The van der Waals surface area contributed by atoms with Crippen LogP contribution < -0.4 is 4.72 Å². The molecule has 112 valence electrons. The van der Waals surface area contributed by atoms with Crippen LogP contribution >= 0.6 is 0 Å². The Labute approximate surface area is 120 Å². The number of nitrogens with zero attached hydrogens (tertiary/aromatic N) is 4. The molecule has 2 aromatic rings. The van der Waals surface area contributed by atoms with E-state index in [9.17, 15) is 13.2 Å². The van der Waals surface area contributed by atoms with E-state index in [1.165, 1.54) is 4.68 Å². The van der Waals surface area contributed by atoms with Crippen LogP contribution in [0.3, 0.4) is 0 Å². The highest BCUT2D eigenvalue weighted by Crippen LogP contribution is 2.20. The smallest absolute Gasteiger partial charge is 0.304 e. The summed E-state index contributed by atoms with van der Waals surface area (Å²) in [7, 11) is -2.05. The molecule has 0 bridgehead atoms. The molecule has 21 heavy (non-hydrogen) atoms. The molecule has 0 aliphatic rings. The van der Waals surface area contributed by atoms with Crippen molar-refractivity contribution in [1.82, 2.24) is 20.2 Å². The molecule has 0 spiro atoms. The summed E-state index contributed by atoms with van der Waals surface area (Å²) in [4.78, 5) is 10.4. The number of carboxylic acid groups (broad SMARTS) is 1. The standard InChI is InChI=1S/C11H13N5O4S/c1-16-11(12-14-15-16)8-3-2-4-9(7-8)13-21(19,20)6-5-10(17)18/h2-4,7,13H,5-6H2,1H3,(H,17,18). The number of anilines is 1. The van der Waals surface area contributed by atoms with E-state index in [4.69, 9.17) is 5.11 Å². The zero-order valence-corrected chi connectivity index (χ0v) is 11.9. The summed E-state index contributed by atoms with van der Waals surface area (Å²) < 4.78 is 27.3. The highest BCUT2D eigenvalue weighted by molar-refractivity contribution is 7.92. The lowest BCUT2D eigenvalue weighted by Gasteiger charge is -2.08. The van der Waals surface area contributed by atoms with Gasteiger partial charge in [-0.1, -0.05) is 12.1 Å². The van der Waals surface area contributed by atoms with E-state index >= 15 is 0 Å². The Morgan fingerprint density at radius 1 is 1.43 bits per heavy atom. The fourth-order valence-electron chi connectivity index (χ4n) is 1.65. The van der Waals surface area contributed by atoms with Gasteiger partial charge in [-0.15, -0.1) is 5.10 Å². The molecule has 1 heterocycles. The first-order chi connectivity index (χ1) is 9.87. The van der Waals surface area contributed by atoms with Gasteiger partial charge in [-0.05, 0) is 22.6 Å². The van der Waals surface area contributed by atoms with Crippen molar-refractivity contribution in [3.05, 3.63) is 24.3 Å². The summed E-state index contributed by atoms with van der Waals surface area (Å²) in [5.41, 5.74) is 0.960. The number of tetrazole rings is 1. The van der Waals surface area contributed by atoms with Gasteiger partial charge in [0, 0.05) is 18.3 Å². The van der Waals surface area contributed by atoms with E-state index in [1.54, 1.807) is 31.3 Å². The Morgan fingerprint density at radius 2 is 2.19 bits per heavy atom. The Balaban J connectivity index is 2.19. The maximum atomic E-state index is 11.7. The fourth-order valence-corrected chi connectivity index (χ4v) is 2.68. The van der Waals surface area contributed by atoms with Crippen molar-refractivity contribution in [3.8, 4) is 11.4 Å². The molecule has 0 saturated heterocycles. The third kappa shape index (κ3) is 3.99. The summed E-state index contributed by atoms with van der Waals surface area (Å²) >= 11 is 0. The number of nitrogens with one attached hydrogen (secondary N) is 1. The van der Waals surface area contributed by atoms with Crippen LogP contribution in [0.25, 0.3) is 11.4 Å². The van der Waals surface area contributed by atoms with Gasteiger partial charge in [0.1, 0.15) is 0 Å². The first-order valence-electron chi connectivity index (χ1n) is 5.92. The zero-order valence-electron chi connectivity index (χ0n) is 11.1. The van der Waals surface area contributed by atoms with Gasteiger partial charge in [-0.2, -0.15) is 0 Å². The first kappa shape index (κ1) is 14.9. The topological polar surface area (TPSA) is 127 Å². The van der Waals surface area contributed by atoms with Gasteiger partial charge in [0.15, 0.2) is 5.82 Å². The Kier molecular flexibility index (Phi) is 4.17. The highest BCUT2D eigenvalue weighted by atomic mass is 32.2. The summed E-state index contributed by atoms with van der Waals surface area (Å²) in [6.07, 6.45) is -0.456. The Morgan fingerprint density at radius 3 is 2.81 bits per heavy atom. The number of aryl methyl sites for hydroxylation is 1. The van der Waals surface area contributed by atoms with Crippen molar-refractivity contribution in [2.45, 2.75) is 6.42 Å². The van der Waals surface area contributed by atoms with Crippen molar-refractivity contribution >= 4 is 21.7 Å². The number of benzene rings is 1. The number of hydrogen-bond acceptors (Lipinski definition) is 6. The Hall–Kier alpha value is -2.49. The van der Waals surface area contributed by atoms with Gasteiger partial charge in [0.2, 0.25) is 10.0 Å². The number of rotatable bonds is 6. The van der Waals surface area contributed by atoms with Crippen LogP contribution in [0.1, 0.15) is 6.42 Å². The van der Waals surface area contributed by atoms with Crippen LogP contribution in [0.2, 0.25) is 0 Å². The Bertz CT molecular complexity index is 755. The summed E-state index contributed by atoms with van der Waals surface area (Å²) in [6, 6.07) is 6.52. The number of aliphatic carboxylic acids is 1. The lowest BCUT2D eigenvalue weighted by Crippen LogP contribution is -2.18. The van der Waals surface area contributed by atoms with Crippen molar-refractivity contribution in [3.63, 3.8) is 0 Å². The van der Waals surface area contributed by atoms with Gasteiger partial charge in [-0.25, -0.2) is 13.1 Å². The molecule has 1 aromatic heterocycles. The van der Waals surface area contributed by atoms with E-state index in [-0.39, 0.29) is 0 Å². The summed E-state index contributed by atoms with van der Waals surface area (Å²) in [5.74, 6) is -1.17. The van der Waals surface area contributed by atoms with E-state index in [2.05, 4.69) is 20.2 Å². The number of sulfonamides is 1. The molecule has 9 nitrogen and oxygen atoms in total. The average Bonchev–Trinajstić information content (AvgIpc) is 2.83. The van der Waals surface area contributed by atoms with E-state index < -0.39 is 28.2 Å². The molecular weight excluding hydrogens is 298 g/mol. The minimum absolute atomic E-state index is 0.320. The minimum atomic E-state index is -3.71. The van der Waals surface area contributed by atoms with Crippen LogP contribution in [0, 0.1) is 0 Å². The van der Waals surface area contributed by atoms with Crippen LogP contribution in [0.4, 0.5) is 5.69 Å². The van der Waals surface area contributed by atoms with Crippen LogP contribution in [0.5, 0.6) is 0 Å². The lowest BCUT2D eigenvalue weighted by atomic mass is 10.2. The molecule has 0 fully saturated rings. The van der Waals surface area contributed by atoms with Gasteiger partial charge >= 0.3 is 5.97 Å². The second-order valence-corrected chi connectivity index (χ2v) is 6.11. The van der Waals surface area contributed by atoms with Crippen molar-refractivity contribution in [2.75, 3.05) is 10.5 Å². The number of hydrogen-bond donors (Lipinski definition) is 2. The minimum Gasteiger partial charge on any atom is -0.481 e. The third-order valence-electron chi connectivity index (χ3n) is 2.60. The maximum Gasteiger partial charge on any atom is 0.304 e. The zero-order chi connectivity index (χ0) is 15.5. The van der Waals surface area contributed by atoms with Gasteiger partial charge in [-0.3, -0.25) is 9.52 Å². The number of carbonyl (C=O) groups is 1. The first-order valence-corrected chi connectivity index (χ1v) is 7.58. The monoisotopic (exact) mass is 311 g/mol. The summed E-state index contributed by atoms with van der Waals surface area (Å²) in [5, 5.41) is 19.6. The van der Waals surface area contributed by atoms with Gasteiger partial charge < -0.3 is 5.11 Å². The SMILES string of the molecule is Cn1nnnc1-c1cccc(NS(=O)(=O)CCC(=O)O)c1. The highest BCUT2D eigenvalue weighted by Gasteiger charge is 2.14. The third-order valence-corrected chi connectivity index (χ3v) is 3.89. The average molecular weight is 311 g/mol. The molecule has 0 aliphatic carbocycles. The maximum absolute atomic E-state index is 11.7. The second kappa shape index (κ2) is 5.87. The molecule has 1 aromatic carbocycles. The lowest BCUT2D eigenvalue weighted by molar-refractivity contribution is -0.136. The molecule has 10 heteroatoms. The molecule has 2 rings (SSSR count).